The molecule has 1 amide bonds. The van der Waals surface area contributed by atoms with Gasteiger partial charge in [0.1, 0.15) is 5.75 Å². The summed E-state index contributed by atoms with van der Waals surface area (Å²) in [7, 11) is -3.70. The first-order chi connectivity index (χ1) is 12.2. The molecule has 2 aromatic carbocycles. The van der Waals surface area contributed by atoms with Gasteiger partial charge in [0.2, 0.25) is 0 Å². The number of aryl methyl sites for hydroxylation is 1. The zero-order chi connectivity index (χ0) is 19.3. The second-order valence-corrected chi connectivity index (χ2v) is 8.00. The first-order valence-corrected chi connectivity index (χ1v) is 9.83. The highest BCUT2D eigenvalue weighted by Gasteiger charge is 2.17. The average Bonchev–Trinajstić information content (AvgIpc) is 2.56. The number of hydrogen-bond donors (Lipinski definition) is 2. The number of sulfonamides is 1. The molecule has 26 heavy (non-hydrogen) atoms. The van der Waals surface area contributed by atoms with Gasteiger partial charge in [-0.2, -0.15) is 0 Å². The fourth-order valence-corrected chi connectivity index (χ4v) is 3.38. The molecule has 2 rings (SSSR count). The highest BCUT2D eigenvalue weighted by atomic mass is 32.2. The van der Waals surface area contributed by atoms with Crippen molar-refractivity contribution < 1.29 is 17.9 Å². The van der Waals surface area contributed by atoms with Gasteiger partial charge in [0.25, 0.3) is 15.9 Å². The molecule has 0 heterocycles. The molecule has 140 valence electrons. The SMILES string of the molecule is Cc1ccccc1NS(=O)(=O)c1ccc(O[C@H](C)C(=O)NC(C)C)cc1. The number of anilines is 1. The summed E-state index contributed by atoms with van der Waals surface area (Å²) in [5.74, 6) is 0.198. The highest BCUT2D eigenvalue weighted by Crippen LogP contribution is 2.21. The molecule has 0 spiro atoms. The normalized spacial score (nSPS) is 12.5. The molecule has 0 aliphatic rings. The lowest BCUT2D eigenvalue weighted by atomic mass is 10.2. The Morgan fingerprint density at radius 2 is 1.62 bits per heavy atom. The van der Waals surface area contributed by atoms with Crippen LogP contribution in [0.15, 0.2) is 53.4 Å². The van der Waals surface area contributed by atoms with Crippen molar-refractivity contribution in [1.82, 2.24) is 5.32 Å². The summed E-state index contributed by atoms with van der Waals surface area (Å²) < 4.78 is 33.1. The smallest absolute Gasteiger partial charge is 0.261 e. The highest BCUT2D eigenvalue weighted by molar-refractivity contribution is 7.92. The lowest BCUT2D eigenvalue weighted by molar-refractivity contribution is -0.127. The maximum absolute atomic E-state index is 12.5. The summed E-state index contributed by atoms with van der Waals surface area (Å²) >= 11 is 0. The molecule has 7 heteroatoms. The van der Waals surface area contributed by atoms with Crippen LogP contribution in [0, 0.1) is 6.92 Å². The van der Waals surface area contributed by atoms with Gasteiger partial charge in [-0.1, -0.05) is 18.2 Å². The first kappa shape index (κ1) is 19.8. The molecule has 0 saturated heterocycles. The average molecular weight is 376 g/mol. The van der Waals surface area contributed by atoms with E-state index in [2.05, 4.69) is 10.0 Å². The Labute approximate surface area is 154 Å². The molecule has 0 aliphatic carbocycles. The lowest BCUT2D eigenvalue weighted by Crippen LogP contribution is -2.40. The first-order valence-electron chi connectivity index (χ1n) is 8.34. The van der Waals surface area contributed by atoms with Crippen LogP contribution >= 0.6 is 0 Å². The number of amides is 1. The molecule has 2 N–H and O–H groups in total. The van der Waals surface area contributed by atoms with E-state index >= 15 is 0 Å². The van der Waals surface area contributed by atoms with E-state index in [1.165, 1.54) is 24.3 Å². The van der Waals surface area contributed by atoms with E-state index in [1.807, 2.05) is 32.9 Å². The van der Waals surface area contributed by atoms with Crippen molar-refractivity contribution in [3.05, 3.63) is 54.1 Å². The minimum absolute atomic E-state index is 0.0218. The third-order valence-corrected chi connectivity index (χ3v) is 5.02. The van der Waals surface area contributed by atoms with Crippen LogP contribution in [0.3, 0.4) is 0 Å². The summed E-state index contributed by atoms with van der Waals surface area (Å²) in [6.07, 6.45) is -0.676. The van der Waals surface area contributed by atoms with Crippen LogP contribution in [0.5, 0.6) is 5.75 Å². The zero-order valence-corrected chi connectivity index (χ0v) is 16.1. The van der Waals surface area contributed by atoms with Crippen molar-refractivity contribution in [2.24, 2.45) is 0 Å². The van der Waals surface area contributed by atoms with Gasteiger partial charge in [-0.15, -0.1) is 0 Å². The van der Waals surface area contributed by atoms with Gasteiger partial charge >= 0.3 is 0 Å². The number of benzene rings is 2. The van der Waals surface area contributed by atoms with Crippen molar-refractivity contribution in [2.45, 2.75) is 44.7 Å². The maximum atomic E-state index is 12.5. The molecule has 0 saturated carbocycles. The second kappa shape index (κ2) is 8.23. The van der Waals surface area contributed by atoms with E-state index in [0.29, 0.717) is 11.4 Å². The minimum Gasteiger partial charge on any atom is -0.481 e. The van der Waals surface area contributed by atoms with Gasteiger partial charge in [0.05, 0.1) is 10.6 Å². The van der Waals surface area contributed by atoms with E-state index in [0.717, 1.165) is 5.56 Å². The van der Waals surface area contributed by atoms with Crippen molar-refractivity contribution in [1.29, 1.82) is 0 Å². The molecule has 6 nitrogen and oxygen atoms in total. The molecule has 0 fully saturated rings. The Bertz CT molecular complexity index is 861. The third-order valence-electron chi connectivity index (χ3n) is 3.64. The fourth-order valence-electron chi connectivity index (χ4n) is 2.25. The topological polar surface area (TPSA) is 84.5 Å². The van der Waals surface area contributed by atoms with Gasteiger partial charge in [-0.25, -0.2) is 8.42 Å². The number of nitrogens with one attached hydrogen (secondary N) is 2. The van der Waals surface area contributed by atoms with Gasteiger partial charge in [0, 0.05) is 6.04 Å². The number of carbonyl (C=O) groups excluding carboxylic acids is 1. The molecule has 0 unspecified atom stereocenters. The minimum atomic E-state index is -3.70. The molecule has 0 bridgehead atoms. The molecular weight excluding hydrogens is 352 g/mol. The number of para-hydroxylation sites is 1. The van der Waals surface area contributed by atoms with E-state index < -0.39 is 16.1 Å². The third kappa shape index (κ3) is 5.23. The van der Waals surface area contributed by atoms with Gasteiger partial charge < -0.3 is 10.1 Å². The fraction of sp³-hybridized carbons (Fsp3) is 0.316. The number of carbonyl (C=O) groups is 1. The van der Waals surface area contributed by atoms with E-state index in [-0.39, 0.29) is 16.8 Å². The van der Waals surface area contributed by atoms with Crippen LogP contribution in [0.4, 0.5) is 5.69 Å². The van der Waals surface area contributed by atoms with E-state index in [4.69, 9.17) is 4.74 Å². The van der Waals surface area contributed by atoms with E-state index in [9.17, 15) is 13.2 Å². The van der Waals surface area contributed by atoms with Crippen LogP contribution in [0.25, 0.3) is 0 Å². The summed E-state index contributed by atoms with van der Waals surface area (Å²) in [6, 6.07) is 13.1. The number of rotatable bonds is 7. The molecule has 0 radical (unpaired) electrons. The summed E-state index contributed by atoms with van der Waals surface area (Å²) in [4.78, 5) is 12.0. The van der Waals surface area contributed by atoms with Crippen LogP contribution < -0.4 is 14.8 Å². The molecule has 0 aliphatic heterocycles. The predicted octanol–water partition coefficient (Wildman–Crippen LogP) is 3.09. The van der Waals surface area contributed by atoms with E-state index in [1.54, 1.807) is 19.1 Å². The zero-order valence-electron chi connectivity index (χ0n) is 15.3. The Morgan fingerprint density at radius 3 is 2.19 bits per heavy atom. The molecule has 0 aromatic heterocycles. The van der Waals surface area contributed by atoms with Crippen molar-refractivity contribution in [2.75, 3.05) is 4.72 Å². The largest absolute Gasteiger partial charge is 0.481 e. The standard InChI is InChI=1S/C19H24N2O4S/c1-13(2)20-19(22)15(4)25-16-9-11-17(12-10-16)26(23,24)21-18-8-6-5-7-14(18)3/h5-13,15,21H,1-4H3,(H,20,22)/t15-/m1/s1. The summed E-state index contributed by atoms with van der Waals surface area (Å²) in [5.41, 5.74) is 1.37. The predicted molar refractivity (Wildman–Crippen MR) is 102 cm³/mol. The number of hydrogen-bond acceptors (Lipinski definition) is 4. The quantitative estimate of drug-likeness (QED) is 0.778. The molecule has 1 atom stereocenters. The Balaban J connectivity index is 2.08. The molecular formula is C19H24N2O4S. The van der Waals surface area contributed by atoms with Crippen LogP contribution in [0.1, 0.15) is 26.3 Å². The van der Waals surface area contributed by atoms with Crippen molar-refractivity contribution in [3.63, 3.8) is 0 Å². The Kier molecular flexibility index (Phi) is 6.26. The summed E-state index contributed by atoms with van der Waals surface area (Å²) in [6.45, 7) is 7.21. The Hall–Kier alpha value is -2.54. The lowest BCUT2D eigenvalue weighted by Gasteiger charge is -2.16. The van der Waals surface area contributed by atoms with Gasteiger partial charge in [-0.05, 0) is 63.6 Å². The van der Waals surface area contributed by atoms with Gasteiger partial charge in [-0.3, -0.25) is 9.52 Å². The van der Waals surface area contributed by atoms with Crippen molar-refractivity contribution in [3.8, 4) is 5.75 Å². The Morgan fingerprint density at radius 1 is 1.00 bits per heavy atom. The second-order valence-electron chi connectivity index (χ2n) is 6.32. The molecule has 2 aromatic rings. The van der Waals surface area contributed by atoms with Crippen LogP contribution in [-0.4, -0.2) is 26.5 Å². The van der Waals surface area contributed by atoms with Crippen molar-refractivity contribution >= 4 is 21.6 Å². The maximum Gasteiger partial charge on any atom is 0.261 e. The van der Waals surface area contributed by atoms with Gasteiger partial charge in [0.15, 0.2) is 6.10 Å². The van der Waals surface area contributed by atoms with Crippen LogP contribution in [-0.2, 0) is 14.8 Å². The summed E-state index contributed by atoms with van der Waals surface area (Å²) in [5, 5.41) is 2.76. The number of ether oxygens (including phenoxy) is 1. The van der Waals surface area contributed by atoms with Crippen LogP contribution in [0.2, 0.25) is 0 Å². The monoisotopic (exact) mass is 376 g/mol.